The van der Waals surface area contributed by atoms with Crippen molar-refractivity contribution in [3.63, 3.8) is 0 Å². The zero-order valence-electron chi connectivity index (χ0n) is 15.5. The van der Waals surface area contributed by atoms with Gasteiger partial charge in [-0.05, 0) is 31.5 Å². The number of benzene rings is 1. The Morgan fingerprint density at radius 3 is 2.71 bits per heavy atom. The average Bonchev–Trinajstić information content (AvgIpc) is 3.22. The van der Waals surface area contributed by atoms with Gasteiger partial charge in [-0.2, -0.15) is 5.26 Å². The summed E-state index contributed by atoms with van der Waals surface area (Å²) in [6.45, 7) is 3.84. The van der Waals surface area contributed by atoms with Crippen LogP contribution in [0.2, 0.25) is 0 Å². The van der Waals surface area contributed by atoms with E-state index in [4.69, 9.17) is 4.74 Å². The number of hydrogen-bond donors (Lipinski definition) is 1. The van der Waals surface area contributed by atoms with Gasteiger partial charge >= 0.3 is 5.97 Å². The van der Waals surface area contributed by atoms with Crippen molar-refractivity contribution in [2.45, 2.75) is 20.3 Å². The number of ether oxygens (including phenoxy) is 1. The molecule has 8 heteroatoms. The fourth-order valence-electron chi connectivity index (χ4n) is 3.08. The molecular weight excluding hydrogens is 378 g/mol. The van der Waals surface area contributed by atoms with E-state index in [1.807, 2.05) is 36.4 Å². The molecular formula is C20H19N3O4S. The van der Waals surface area contributed by atoms with Crippen LogP contribution in [-0.4, -0.2) is 30.9 Å². The van der Waals surface area contributed by atoms with Crippen LogP contribution < -0.4 is 10.2 Å². The largest absolute Gasteiger partial charge is 0.462 e. The number of para-hydroxylation sites is 1. The van der Waals surface area contributed by atoms with Crippen LogP contribution in [0.15, 0.2) is 30.3 Å². The Morgan fingerprint density at radius 1 is 1.36 bits per heavy atom. The number of carbonyl (C=O) groups is 3. The smallest absolute Gasteiger partial charge is 0.348 e. The Hall–Kier alpha value is -3.18. The Morgan fingerprint density at radius 2 is 2.07 bits per heavy atom. The lowest BCUT2D eigenvalue weighted by molar-refractivity contribution is -0.122. The van der Waals surface area contributed by atoms with E-state index in [9.17, 15) is 19.6 Å². The molecule has 0 bridgehead atoms. The number of carbonyl (C=O) groups excluding carboxylic acids is 3. The molecule has 2 aromatic rings. The number of nitriles is 1. The van der Waals surface area contributed by atoms with Crippen LogP contribution in [0.5, 0.6) is 0 Å². The lowest BCUT2D eigenvalue weighted by atomic mass is 10.1. The van der Waals surface area contributed by atoms with Crippen LogP contribution in [0, 0.1) is 24.2 Å². The summed E-state index contributed by atoms with van der Waals surface area (Å²) in [4.78, 5) is 39.0. The molecule has 1 aromatic heterocycles. The fourth-order valence-corrected chi connectivity index (χ4v) is 4.14. The average molecular weight is 397 g/mol. The third-order valence-corrected chi connectivity index (χ3v) is 5.71. The van der Waals surface area contributed by atoms with Gasteiger partial charge in [0, 0.05) is 18.7 Å². The van der Waals surface area contributed by atoms with Gasteiger partial charge in [-0.15, -0.1) is 11.3 Å². The van der Waals surface area contributed by atoms with Gasteiger partial charge in [-0.25, -0.2) is 4.79 Å². The summed E-state index contributed by atoms with van der Waals surface area (Å²) >= 11 is 1.02. The summed E-state index contributed by atoms with van der Waals surface area (Å²) in [6.07, 6.45) is 0.0949. The van der Waals surface area contributed by atoms with Gasteiger partial charge in [0.15, 0.2) is 0 Å². The van der Waals surface area contributed by atoms with Crippen molar-refractivity contribution in [2.24, 2.45) is 5.92 Å². The minimum atomic E-state index is -0.535. The molecule has 0 aliphatic carbocycles. The molecule has 0 radical (unpaired) electrons. The maximum Gasteiger partial charge on any atom is 0.348 e. The molecule has 1 aliphatic heterocycles. The highest BCUT2D eigenvalue weighted by Crippen LogP contribution is 2.34. The Bertz CT molecular complexity index is 962. The molecule has 1 saturated heterocycles. The topological polar surface area (TPSA) is 99.5 Å². The van der Waals surface area contributed by atoms with E-state index in [1.165, 1.54) is 0 Å². The third-order valence-electron chi connectivity index (χ3n) is 4.52. The SMILES string of the molecule is CCOC(=O)c1sc(NC(=O)[C@H]2CC(=O)N(c3ccccc3)C2)c(C#N)c1C. The second-order valence-corrected chi connectivity index (χ2v) is 7.34. The molecule has 2 heterocycles. The molecule has 1 N–H and O–H groups in total. The van der Waals surface area contributed by atoms with Gasteiger partial charge in [0.2, 0.25) is 11.8 Å². The first-order chi connectivity index (χ1) is 13.5. The first-order valence-corrected chi connectivity index (χ1v) is 9.64. The molecule has 3 rings (SSSR count). The number of amides is 2. The van der Waals surface area contributed by atoms with Gasteiger partial charge < -0.3 is 15.0 Å². The number of esters is 1. The number of nitrogens with one attached hydrogen (secondary N) is 1. The van der Waals surface area contributed by atoms with Gasteiger partial charge in [0.05, 0.1) is 18.1 Å². The predicted molar refractivity (Wildman–Crippen MR) is 105 cm³/mol. The van der Waals surface area contributed by atoms with E-state index >= 15 is 0 Å². The third kappa shape index (κ3) is 3.75. The van der Waals surface area contributed by atoms with Crippen LogP contribution in [0.3, 0.4) is 0 Å². The van der Waals surface area contributed by atoms with Crippen LogP contribution in [-0.2, 0) is 14.3 Å². The summed E-state index contributed by atoms with van der Waals surface area (Å²) in [5, 5.41) is 12.5. The lowest BCUT2D eigenvalue weighted by Crippen LogP contribution is -2.28. The second kappa shape index (κ2) is 8.23. The number of hydrogen-bond acceptors (Lipinski definition) is 6. The fraction of sp³-hybridized carbons (Fsp3) is 0.300. The van der Waals surface area contributed by atoms with Crippen LogP contribution in [0.1, 0.15) is 34.1 Å². The van der Waals surface area contributed by atoms with E-state index in [1.54, 1.807) is 18.7 Å². The molecule has 1 fully saturated rings. The van der Waals surface area contributed by atoms with Crippen molar-refractivity contribution < 1.29 is 19.1 Å². The minimum absolute atomic E-state index is 0.0949. The minimum Gasteiger partial charge on any atom is -0.462 e. The molecule has 0 spiro atoms. The van der Waals surface area contributed by atoms with E-state index in [2.05, 4.69) is 5.32 Å². The zero-order valence-corrected chi connectivity index (χ0v) is 16.3. The first-order valence-electron chi connectivity index (χ1n) is 8.83. The highest BCUT2D eigenvalue weighted by molar-refractivity contribution is 7.18. The monoisotopic (exact) mass is 397 g/mol. The van der Waals surface area contributed by atoms with Crippen molar-refractivity contribution in [1.29, 1.82) is 5.26 Å². The number of thiophene rings is 1. The van der Waals surface area contributed by atoms with Gasteiger partial charge in [-0.1, -0.05) is 18.2 Å². The standard InChI is InChI=1S/C20H19N3O4S/c1-3-27-20(26)17-12(2)15(10-21)19(28-17)22-18(25)13-9-16(24)23(11-13)14-7-5-4-6-8-14/h4-8,13H,3,9,11H2,1-2H3,(H,22,25)/t13-/m0/s1. The van der Waals surface area contributed by atoms with Crippen molar-refractivity contribution in [1.82, 2.24) is 0 Å². The molecule has 0 saturated carbocycles. The van der Waals surface area contributed by atoms with Crippen LogP contribution in [0.4, 0.5) is 10.7 Å². The molecule has 28 heavy (non-hydrogen) atoms. The maximum absolute atomic E-state index is 12.7. The van der Waals surface area contributed by atoms with Gasteiger partial charge in [0.25, 0.3) is 0 Å². The highest BCUT2D eigenvalue weighted by Gasteiger charge is 2.36. The Balaban J connectivity index is 1.77. The lowest BCUT2D eigenvalue weighted by Gasteiger charge is -2.16. The van der Waals surface area contributed by atoms with E-state index in [0.29, 0.717) is 15.4 Å². The predicted octanol–water partition coefficient (Wildman–Crippen LogP) is 3.10. The van der Waals surface area contributed by atoms with Crippen molar-refractivity contribution >= 4 is 39.8 Å². The van der Waals surface area contributed by atoms with Crippen molar-refractivity contribution in [2.75, 3.05) is 23.4 Å². The number of rotatable bonds is 5. The number of nitrogens with zero attached hydrogens (tertiary/aromatic N) is 2. The molecule has 7 nitrogen and oxygen atoms in total. The summed E-state index contributed by atoms with van der Waals surface area (Å²) < 4.78 is 5.00. The van der Waals surface area contributed by atoms with E-state index in [0.717, 1.165) is 17.0 Å². The summed E-state index contributed by atoms with van der Waals surface area (Å²) in [5.74, 6) is -1.53. The second-order valence-electron chi connectivity index (χ2n) is 6.32. The Labute approximate surface area is 166 Å². The van der Waals surface area contributed by atoms with E-state index in [-0.39, 0.29) is 37.0 Å². The first kappa shape index (κ1) is 19.6. The molecule has 1 atom stereocenters. The van der Waals surface area contributed by atoms with Gasteiger partial charge in [0.1, 0.15) is 15.9 Å². The maximum atomic E-state index is 12.7. The summed E-state index contributed by atoms with van der Waals surface area (Å²) in [7, 11) is 0. The van der Waals surface area contributed by atoms with Crippen molar-refractivity contribution in [3.05, 3.63) is 46.3 Å². The Kier molecular flexibility index (Phi) is 5.76. The summed E-state index contributed by atoms with van der Waals surface area (Å²) in [6, 6.07) is 11.2. The molecule has 1 aromatic carbocycles. The zero-order chi connectivity index (χ0) is 20.3. The van der Waals surface area contributed by atoms with Crippen LogP contribution in [0.25, 0.3) is 0 Å². The normalized spacial score (nSPS) is 16.0. The van der Waals surface area contributed by atoms with E-state index < -0.39 is 11.9 Å². The van der Waals surface area contributed by atoms with Gasteiger partial charge in [-0.3, -0.25) is 9.59 Å². The van der Waals surface area contributed by atoms with Crippen LogP contribution >= 0.6 is 11.3 Å². The molecule has 1 aliphatic rings. The quantitative estimate of drug-likeness (QED) is 0.782. The molecule has 2 amide bonds. The molecule has 0 unspecified atom stereocenters. The molecule has 144 valence electrons. The number of anilines is 2. The summed E-state index contributed by atoms with van der Waals surface area (Å²) in [5.41, 5.74) is 1.47. The van der Waals surface area contributed by atoms with Crippen molar-refractivity contribution in [3.8, 4) is 6.07 Å². The highest BCUT2D eigenvalue weighted by atomic mass is 32.1.